The number of aliphatic hydroxyl groups is 2. The van der Waals surface area contributed by atoms with Gasteiger partial charge in [0.05, 0.1) is 18.8 Å². The molecule has 0 aromatic heterocycles. The van der Waals surface area contributed by atoms with Crippen LogP contribution in [0.1, 0.15) is 245 Å². The standard InChI is InChI=1S/C50H93NO3/c1-3-5-7-9-11-13-15-16-17-18-19-20-21-22-23-24-25-26-27-28-29-30-31-32-33-34-36-38-40-42-44-46-50(54)51-48(47-52)49(53)45-43-41-39-37-35-14-12-10-8-6-4-2/h15-16,18-19,21-22,43,45,48-49,52-53H,3-14,17,20,23-42,44,46-47H2,1-2H3,(H,51,54)/b16-15-,19-18-,22-21-,45-43+. The van der Waals surface area contributed by atoms with E-state index in [9.17, 15) is 15.0 Å². The van der Waals surface area contributed by atoms with Crippen molar-refractivity contribution in [2.75, 3.05) is 6.61 Å². The van der Waals surface area contributed by atoms with E-state index in [0.717, 1.165) is 38.5 Å². The van der Waals surface area contributed by atoms with Gasteiger partial charge in [-0.25, -0.2) is 0 Å². The Kier molecular flexibility index (Phi) is 44.3. The first-order chi connectivity index (χ1) is 26.7. The molecule has 0 fully saturated rings. The molecule has 0 aliphatic carbocycles. The molecule has 0 saturated heterocycles. The number of hydrogen-bond acceptors (Lipinski definition) is 3. The summed E-state index contributed by atoms with van der Waals surface area (Å²) in [6.45, 7) is 4.29. The van der Waals surface area contributed by atoms with Gasteiger partial charge in [0, 0.05) is 6.42 Å². The molecular formula is C50H93NO3. The molecule has 2 atom stereocenters. The van der Waals surface area contributed by atoms with Crippen LogP contribution in [-0.4, -0.2) is 34.9 Å². The lowest BCUT2D eigenvalue weighted by Crippen LogP contribution is -2.45. The molecule has 0 aromatic rings. The first-order valence-electron chi connectivity index (χ1n) is 23.9. The SMILES string of the molecule is CCCCCCC/C=C\C/C=C\C/C=C\CCCCCCCCCCCCCCCCCCC(=O)NC(CO)C(O)/C=C/CCCCCCCCCCC. The van der Waals surface area contributed by atoms with Gasteiger partial charge in [0.25, 0.3) is 0 Å². The van der Waals surface area contributed by atoms with E-state index in [2.05, 4.69) is 55.6 Å². The Morgan fingerprint density at radius 1 is 0.444 bits per heavy atom. The van der Waals surface area contributed by atoms with Crippen LogP contribution in [0.25, 0.3) is 0 Å². The second kappa shape index (κ2) is 45.7. The Balaban J connectivity index is 3.47. The third-order valence-electron chi connectivity index (χ3n) is 10.8. The van der Waals surface area contributed by atoms with Crippen LogP contribution in [0.15, 0.2) is 48.6 Å². The van der Waals surface area contributed by atoms with Gasteiger partial charge in [-0.2, -0.15) is 0 Å². The summed E-state index contributed by atoms with van der Waals surface area (Å²) in [6, 6.07) is -0.620. The van der Waals surface area contributed by atoms with E-state index in [1.807, 2.05) is 6.08 Å². The highest BCUT2D eigenvalue weighted by molar-refractivity contribution is 5.76. The molecule has 0 heterocycles. The molecule has 1 amide bonds. The van der Waals surface area contributed by atoms with Crippen molar-refractivity contribution in [3.05, 3.63) is 48.6 Å². The lowest BCUT2D eigenvalue weighted by molar-refractivity contribution is -0.123. The summed E-state index contributed by atoms with van der Waals surface area (Å²) in [5.74, 6) is -0.0650. The summed E-state index contributed by atoms with van der Waals surface area (Å²) in [5.41, 5.74) is 0. The normalized spacial score (nSPS) is 13.3. The molecular weight excluding hydrogens is 663 g/mol. The number of carbonyl (C=O) groups excluding carboxylic acids is 1. The zero-order chi connectivity index (χ0) is 39.3. The minimum atomic E-state index is -0.837. The van der Waals surface area contributed by atoms with Gasteiger partial charge in [0.2, 0.25) is 5.91 Å². The third kappa shape index (κ3) is 41.5. The summed E-state index contributed by atoms with van der Waals surface area (Å²) < 4.78 is 0. The summed E-state index contributed by atoms with van der Waals surface area (Å²) in [7, 11) is 0. The number of nitrogens with one attached hydrogen (secondary N) is 1. The van der Waals surface area contributed by atoms with E-state index >= 15 is 0 Å². The second-order valence-corrected chi connectivity index (χ2v) is 16.2. The molecule has 0 aliphatic heterocycles. The fraction of sp³-hybridized carbons (Fsp3) is 0.820. The maximum absolute atomic E-state index is 12.4. The van der Waals surface area contributed by atoms with Gasteiger partial charge in [0.15, 0.2) is 0 Å². The lowest BCUT2D eigenvalue weighted by Gasteiger charge is -2.20. The molecule has 0 spiro atoms. The summed E-state index contributed by atoms with van der Waals surface area (Å²) in [6.07, 6.45) is 62.4. The summed E-state index contributed by atoms with van der Waals surface area (Å²) in [4.78, 5) is 12.4. The smallest absolute Gasteiger partial charge is 0.220 e. The Labute approximate surface area is 337 Å². The van der Waals surface area contributed by atoms with Crippen LogP contribution < -0.4 is 5.32 Å². The van der Waals surface area contributed by atoms with Crippen LogP contribution in [0.5, 0.6) is 0 Å². The number of hydrogen-bond donors (Lipinski definition) is 3. The molecule has 0 radical (unpaired) electrons. The van der Waals surface area contributed by atoms with Crippen LogP contribution in [0, 0.1) is 0 Å². The zero-order valence-corrected chi connectivity index (χ0v) is 36.2. The van der Waals surface area contributed by atoms with Crippen LogP contribution in [0.2, 0.25) is 0 Å². The first kappa shape index (κ1) is 52.3. The van der Waals surface area contributed by atoms with E-state index in [4.69, 9.17) is 0 Å². The Morgan fingerprint density at radius 2 is 0.759 bits per heavy atom. The number of carbonyl (C=O) groups is 1. The van der Waals surface area contributed by atoms with Crippen molar-refractivity contribution in [3.63, 3.8) is 0 Å². The Morgan fingerprint density at radius 3 is 1.13 bits per heavy atom. The van der Waals surface area contributed by atoms with E-state index in [0.29, 0.717) is 6.42 Å². The number of allylic oxidation sites excluding steroid dienone is 7. The molecule has 4 heteroatoms. The van der Waals surface area contributed by atoms with Gasteiger partial charge in [-0.3, -0.25) is 4.79 Å². The van der Waals surface area contributed by atoms with Crippen LogP contribution in [0.3, 0.4) is 0 Å². The topological polar surface area (TPSA) is 69.6 Å². The third-order valence-corrected chi connectivity index (χ3v) is 10.8. The highest BCUT2D eigenvalue weighted by Crippen LogP contribution is 2.15. The minimum Gasteiger partial charge on any atom is -0.394 e. The molecule has 0 bridgehead atoms. The van der Waals surface area contributed by atoms with Crippen molar-refractivity contribution < 1.29 is 15.0 Å². The molecule has 0 saturated carbocycles. The molecule has 3 N–H and O–H groups in total. The van der Waals surface area contributed by atoms with Gasteiger partial charge < -0.3 is 15.5 Å². The first-order valence-corrected chi connectivity index (χ1v) is 23.9. The van der Waals surface area contributed by atoms with Gasteiger partial charge in [-0.1, -0.05) is 229 Å². The predicted octanol–water partition coefficient (Wildman–Crippen LogP) is 15.1. The predicted molar refractivity (Wildman–Crippen MR) is 239 cm³/mol. The van der Waals surface area contributed by atoms with Gasteiger partial charge >= 0.3 is 0 Å². The molecule has 2 unspecified atom stereocenters. The van der Waals surface area contributed by atoms with E-state index in [1.165, 1.54) is 186 Å². The fourth-order valence-electron chi connectivity index (χ4n) is 7.13. The average molecular weight is 756 g/mol. The number of rotatable bonds is 43. The number of amides is 1. The van der Waals surface area contributed by atoms with Crippen molar-refractivity contribution in [2.24, 2.45) is 0 Å². The van der Waals surface area contributed by atoms with E-state index in [-0.39, 0.29) is 12.5 Å². The highest BCUT2D eigenvalue weighted by atomic mass is 16.3. The van der Waals surface area contributed by atoms with E-state index < -0.39 is 12.1 Å². The van der Waals surface area contributed by atoms with Gasteiger partial charge in [-0.05, 0) is 57.8 Å². The lowest BCUT2D eigenvalue weighted by atomic mass is 10.0. The fourth-order valence-corrected chi connectivity index (χ4v) is 7.13. The van der Waals surface area contributed by atoms with Crippen LogP contribution >= 0.6 is 0 Å². The highest BCUT2D eigenvalue weighted by Gasteiger charge is 2.17. The molecule has 54 heavy (non-hydrogen) atoms. The molecule has 4 nitrogen and oxygen atoms in total. The van der Waals surface area contributed by atoms with Crippen molar-refractivity contribution in [3.8, 4) is 0 Å². The Hall–Kier alpha value is -1.65. The molecule has 0 aliphatic rings. The monoisotopic (exact) mass is 756 g/mol. The van der Waals surface area contributed by atoms with Crippen molar-refractivity contribution in [1.82, 2.24) is 5.32 Å². The average Bonchev–Trinajstić information content (AvgIpc) is 3.18. The largest absolute Gasteiger partial charge is 0.394 e. The van der Waals surface area contributed by atoms with Crippen molar-refractivity contribution in [1.29, 1.82) is 0 Å². The quantitative estimate of drug-likeness (QED) is 0.0429. The van der Waals surface area contributed by atoms with Crippen molar-refractivity contribution in [2.45, 2.75) is 257 Å². The maximum atomic E-state index is 12.4. The van der Waals surface area contributed by atoms with E-state index in [1.54, 1.807) is 6.08 Å². The van der Waals surface area contributed by atoms with Crippen LogP contribution in [0.4, 0.5) is 0 Å². The Bertz CT molecular complexity index is 862. The van der Waals surface area contributed by atoms with Crippen LogP contribution in [-0.2, 0) is 4.79 Å². The number of unbranched alkanes of at least 4 members (excludes halogenated alkanes) is 30. The molecule has 316 valence electrons. The maximum Gasteiger partial charge on any atom is 0.220 e. The zero-order valence-electron chi connectivity index (χ0n) is 36.2. The van der Waals surface area contributed by atoms with Crippen molar-refractivity contribution >= 4 is 5.91 Å². The minimum absolute atomic E-state index is 0.0650. The molecule has 0 aromatic carbocycles. The second-order valence-electron chi connectivity index (χ2n) is 16.2. The molecule has 0 rings (SSSR count). The summed E-state index contributed by atoms with van der Waals surface area (Å²) in [5, 5.41) is 23.0. The van der Waals surface area contributed by atoms with Gasteiger partial charge in [-0.15, -0.1) is 0 Å². The number of aliphatic hydroxyl groups excluding tert-OH is 2. The summed E-state index contributed by atoms with van der Waals surface area (Å²) >= 11 is 0. The van der Waals surface area contributed by atoms with Gasteiger partial charge in [0.1, 0.15) is 0 Å².